The maximum absolute atomic E-state index is 13.1. The number of carbonyl (C=O) groups is 2. The fourth-order valence-corrected chi connectivity index (χ4v) is 4.36. The molecule has 2 aromatic rings. The molecule has 40 heavy (non-hydrogen) atoms. The molecule has 0 saturated carbocycles. The maximum atomic E-state index is 13.1. The van der Waals surface area contributed by atoms with Crippen LogP contribution >= 0.6 is 0 Å². The van der Waals surface area contributed by atoms with Crippen molar-refractivity contribution in [3.05, 3.63) is 53.1 Å². The van der Waals surface area contributed by atoms with E-state index in [2.05, 4.69) is 12.5 Å². The van der Waals surface area contributed by atoms with Gasteiger partial charge in [0.25, 0.3) is 37.1 Å². The monoisotopic (exact) mass is 657 g/mol. The molecule has 1 aliphatic rings. The SMILES string of the molecule is O=C([O-])C1Cc2cc(OS(=O)(=O)[O-])ccc2CN1C(=O)c1ccc(OS(=O)(=O)[O-])c(OS(=O)(=O)[O-])c1.[Na+].[Na+].[Na+].[Na+]. The molecule has 0 fully saturated rings. The number of carbonyl (C=O) groups excluding carboxylic acids is 2. The number of hydrogen-bond donors (Lipinski definition) is 0. The number of hydrogen-bond acceptors (Lipinski definition) is 15. The standard InChI is InChI=1S/C17H15NO15S3.4Na/c19-16(9-2-4-14(32-35(25,26)27)15(7-9)33-36(28,29)30)18-8-10-1-3-12(31-34(22,23)24)5-11(10)6-13(18)17(20)21;;;;/h1-5,7,13H,6,8H2,(H,20,21)(H,22,23,24)(H,25,26,27)(H,28,29,30);;;;/q;4*+1/p-4. The van der Waals surface area contributed by atoms with Crippen LogP contribution in [0.5, 0.6) is 17.2 Å². The van der Waals surface area contributed by atoms with Crippen LogP contribution in [0, 0.1) is 0 Å². The summed E-state index contributed by atoms with van der Waals surface area (Å²) in [4.78, 5) is 25.6. The number of amides is 1. The van der Waals surface area contributed by atoms with Crippen molar-refractivity contribution in [1.82, 2.24) is 4.90 Å². The third-order valence-corrected chi connectivity index (χ3v) is 5.78. The summed E-state index contributed by atoms with van der Waals surface area (Å²) in [6.07, 6.45) is -0.423. The van der Waals surface area contributed by atoms with Crippen LogP contribution in [-0.4, -0.2) is 61.7 Å². The first-order chi connectivity index (χ1) is 16.4. The molecule has 196 valence electrons. The van der Waals surface area contributed by atoms with Crippen LogP contribution < -0.4 is 136 Å². The van der Waals surface area contributed by atoms with E-state index in [-0.39, 0.29) is 124 Å². The molecule has 0 radical (unpaired) electrons. The Morgan fingerprint density at radius 2 is 1.25 bits per heavy atom. The largest absolute Gasteiger partial charge is 1.00 e. The molecule has 0 saturated heterocycles. The van der Waals surface area contributed by atoms with Crippen LogP contribution in [0.2, 0.25) is 0 Å². The molecular formula is C17H11NNa4O15S3. The van der Waals surface area contributed by atoms with Gasteiger partial charge in [-0.15, -0.1) is 0 Å². The van der Waals surface area contributed by atoms with Gasteiger partial charge in [0.05, 0.1) is 12.0 Å². The van der Waals surface area contributed by atoms with Crippen molar-refractivity contribution in [2.75, 3.05) is 0 Å². The molecule has 1 aliphatic heterocycles. The third kappa shape index (κ3) is 12.6. The molecule has 16 nitrogen and oxygen atoms in total. The Bertz CT molecular complexity index is 1570. The third-order valence-electron chi connectivity index (χ3n) is 4.61. The van der Waals surface area contributed by atoms with E-state index < -0.39 is 84.9 Å². The molecular weight excluding hydrogens is 646 g/mol. The summed E-state index contributed by atoms with van der Waals surface area (Å²) in [5.74, 6) is -5.40. The normalized spacial score (nSPS) is 14.5. The van der Waals surface area contributed by atoms with Crippen molar-refractivity contribution in [3.8, 4) is 17.2 Å². The van der Waals surface area contributed by atoms with Crippen molar-refractivity contribution < 1.29 is 184 Å². The van der Waals surface area contributed by atoms with Gasteiger partial charge in [-0.25, -0.2) is 25.3 Å². The zero-order chi connectivity index (χ0) is 27.1. The first-order valence-corrected chi connectivity index (χ1v) is 13.2. The predicted molar refractivity (Wildman–Crippen MR) is 106 cm³/mol. The minimum atomic E-state index is -5.54. The first-order valence-electron chi connectivity index (χ1n) is 9.15. The van der Waals surface area contributed by atoms with Gasteiger partial charge in [-0.05, 0) is 47.9 Å². The minimum Gasteiger partial charge on any atom is -0.716 e. The Morgan fingerprint density at radius 1 is 0.725 bits per heavy atom. The molecule has 3 rings (SSSR count). The number of fused-ring (bicyclic) bond motifs is 1. The van der Waals surface area contributed by atoms with E-state index in [9.17, 15) is 53.6 Å². The average Bonchev–Trinajstić information content (AvgIpc) is 2.70. The maximum Gasteiger partial charge on any atom is 1.00 e. The number of carboxylic acid groups (broad SMARTS) is 1. The van der Waals surface area contributed by atoms with Crippen molar-refractivity contribution in [1.29, 1.82) is 0 Å². The molecule has 0 spiro atoms. The number of rotatable bonds is 8. The molecule has 0 aliphatic carbocycles. The molecule has 0 N–H and O–H groups in total. The Morgan fingerprint density at radius 3 is 1.75 bits per heavy atom. The van der Waals surface area contributed by atoms with Crippen LogP contribution in [0.1, 0.15) is 21.5 Å². The van der Waals surface area contributed by atoms with Crippen molar-refractivity contribution in [2.24, 2.45) is 0 Å². The second-order valence-corrected chi connectivity index (χ2v) is 9.99. The van der Waals surface area contributed by atoms with Gasteiger partial charge in [-0.2, -0.15) is 0 Å². The Balaban J connectivity index is 0. The number of carboxylic acids is 1. The van der Waals surface area contributed by atoms with Gasteiger partial charge in [-0.1, -0.05) is 6.07 Å². The van der Waals surface area contributed by atoms with E-state index in [1.54, 1.807) is 0 Å². The zero-order valence-electron chi connectivity index (χ0n) is 21.3. The Hall–Kier alpha value is 0.510. The summed E-state index contributed by atoms with van der Waals surface area (Å²) in [6, 6.07) is 3.77. The number of nitrogens with zero attached hydrogens (tertiary/aromatic N) is 1. The van der Waals surface area contributed by atoms with Crippen LogP contribution in [0.15, 0.2) is 36.4 Å². The van der Waals surface area contributed by atoms with Crippen molar-refractivity contribution >= 4 is 43.1 Å². The molecule has 1 amide bonds. The molecule has 1 atom stereocenters. The van der Waals surface area contributed by atoms with Crippen molar-refractivity contribution in [3.63, 3.8) is 0 Å². The van der Waals surface area contributed by atoms with E-state index in [4.69, 9.17) is 0 Å². The van der Waals surface area contributed by atoms with E-state index in [1.807, 2.05) is 0 Å². The summed E-state index contributed by atoms with van der Waals surface area (Å²) < 4.78 is 110. The zero-order valence-corrected chi connectivity index (χ0v) is 31.7. The van der Waals surface area contributed by atoms with Gasteiger partial charge in [0.2, 0.25) is 0 Å². The molecule has 1 heterocycles. The second-order valence-electron chi connectivity index (χ2n) is 7.04. The minimum absolute atomic E-state index is 0. The molecule has 0 bridgehead atoms. The Kier molecular flexibility index (Phi) is 17.6. The fourth-order valence-electron chi connectivity index (χ4n) is 3.31. The second kappa shape index (κ2) is 16.5. The Labute approximate surface area is 317 Å². The summed E-state index contributed by atoms with van der Waals surface area (Å²) >= 11 is 0. The molecule has 2 aromatic carbocycles. The molecule has 0 aromatic heterocycles. The smallest absolute Gasteiger partial charge is 0.716 e. The first kappa shape index (κ1) is 42.6. The summed E-state index contributed by atoms with van der Waals surface area (Å²) in [5, 5.41) is 11.7. The molecule has 23 heteroatoms. The van der Waals surface area contributed by atoms with E-state index in [1.165, 1.54) is 6.07 Å². The summed E-state index contributed by atoms with van der Waals surface area (Å²) in [5.41, 5.74) is 0.0178. The van der Waals surface area contributed by atoms with E-state index in [0.717, 1.165) is 23.1 Å². The molecule has 1 unspecified atom stereocenters. The summed E-state index contributed by atoms with van der Waals surface area (Å²) in [6.45, 7) is -0.402. The van der Waals surface area contributed by atoms with E-state index >= 15 is 0 Å². The average molecular weight is 657 g/mol. The van der Waals surface area contributed by atoms with Gasteiger partial charge in [-0.3, -0.25) is 4.79 Å². The quantitative estimate of drug-likeness (QED) is 0.145. The van der Waals surface area contributed by atoms with Gasteiger partial charge in [0, 0.05) is 12.1 Å². The van der Waals surface area contributed by atoms with Crippen LogP contribution in [0.4, 0.5) is 0 Å². The van der Waals surface area contributed by atoms with Crippen LogP contribution in [0.25, 0.3) is 0 Å². The van der Waals surface area contributed by atoms with Crippen molar-refractivity contribution in [2.45, 2.75) is 19.0 Å². The number of benzene rings is 2. The summed E-state index contributed by atoms with van der Waals surface area (Å²) in [7, 11) is -16.1. The topological polar surface area (TPSA) is 260 Å². The van der Waals surface area contributed by atoms with Crippen LogP contribution in [-0.2, 0) is 49.0 Å². The van der Waals surface area contributed by atoms with Gasteiger partial charge in [0.15, 0.2) is 11.5 Å². The van der Waals surface area contributed by atoms with Crippen LogP contribution in [0.3, 0.4) is 0 Å². The number of aliphatic carboxylic acids is 1. The fraction of sp³-hybridized carbons (Fsp3) is 0.176. The van der Waals surface area contributed by atoms with Gasteiger partial charge >= 0.3 is 118 Å². The van der Waals surface area contributed by atoms with Gasteiger partial charge in [0.1, 0.15) is 5.75 Å². The predicted octanol–water partition coefficient (Wildman–Crippen LogP) is -14.5. The van der Waals surface area contributed by atoms with Gasteiger partial charge < -0.3 is 41.0 Å². The van der Waals surface area contributed by atoms with E-state index in [0.29, 0.717) is 17.7 Å².